The molecule has 0 radical (unpaired) electrons. The zero-order valence-corrected chi connectivity index (χ0v) is 16.8. The minimum absolute atomic E-state index is 0.190. The summed E-state index contributed by atoms with van der Waals surface area (Å²) in [5.41, 5.74) is 0.830. The van der Waals surface area contributed by atoms with E-state index in [-0.39, 0.29) is 16.2 Å². The van der Waals surface area contributed by atoms with E-state index >= 15 is 0 Å². The molecule has 0 aliphatic rings. The van der Waals surface area contributed by atoms with Crippen molar-refractivity contribution < 1.29 is 17.9 Å². The number of ether oxygens (including phenoxy) is 1. The molecule has 1 unspecified atom stereocenters. The molecule has 0 bridgehead atoms. The van der Waals surface area contributed by atoms with E-state index in [9.17, 15) is 13.2 Å². The lowest BCUT2D eigenvalue weighted by Crippen LogP contribution is -2.36. The van der Waals surface area contributed by atoms with Crippen LogP contribution in [0.2, 0.25) is 0 Å². The van der Waals surface area contributed by atoms with Gasteiger partial charge < -0.3 is 10.1 Å². The summed E-state index contributed by atoms with van der Waals surface area (Å²) in [6, 6.07) is 18.7. The third-order valence-electron chi connectivity index (χ3n) is 3.78. The molecule has 8 heteroatoms. The van der Waals surface area contributed by atoms with Gasteiger partial charge in [-0.1, -0.05) is 24.3 Å². The summed E-state index contributed by atoms with van der Waals surface area (Å²) in [7, 11) is -3.60. The van der Waals surface area contributed by atoms with Crippen molar-refractivity contribution in [2.75, 3.05) is 11.3 Å². The third kappa shape index (κ3) is 5.34. The Bertz CT molecular complexity index is 1000. The summed E-state index contributed by atoms with van der Waals surface area (Å²) in [5.74, 6) is 0.489. The number of benzene rings is 2. The predicted octanol–water partition coefficient (Wildman–Crippen LogP) is 3.75. The molecular formula is C20H20N2O4S2. The molecule has 1 heterocycles. The molecule has 1 aromatic heterocycles. The second-order valence-electron chi connectivity index (χ2n) is 6.11. The van der Waals surface area contributed by atoms with Crippen LogP contribution in [0.5, 0.6) is 5.75 Å². The van der Waals surface area contributed by atoms with Crippen LogP contribution in [0, 0.1) is 0 Å². The molecule has 6 nitrogen and oxygen atoms in total. The lowest BCUT2D eigenvalue weighted by atomic mass is 10.2. The Hall–Kier alpha value is -2.84. The smallest absolute Gasteiger partial charge is 0.271 e. The number of nitrogens with one attached hydrogen (secondary N) is 2. The van der Waals surface area contributed by atoms with Crippen LogP contribution in [0.1, 0.15) is 17.3 Å². The number of hydrogen-bond acceptors (Lipinski definition) is 5. The zero-order valence-electron chi connectivity index (χ0n) is 15.2. The van der Waals surface area contributed by atoms with Crippen LogP contribution in [-0.4, -0.2) is 27.0 Å². The molecule has 3 aromatic rings. The maximum absolute atomic E-state index is 12.3. The summed E-state index contributed by atoms with van der Waals surface area (Å²) in [4.78, 5) is 12.3. The molecule has 0 fully saturated rings. The maximum Gasteiger partial charge on any atom is 0.271 e. The van der Waals surface area contributed by atoms with E-state index in [1.54, 1.807) is 35.7 Å². The fourth-order valence-corrected chi connectivity index (χ4v) is 4.45. The third-order valence-corrected chi connectivity index (χ3v) is 6.56. The maximum atomic E-state index is 12.3. The normalized spacial score (nSPS) is 12.2. The lowest BCUT2D eigenvalue weighted by Gasteiger charge is -2.15. The van der Waals surface area contributed by atoms with Gasteiger partial charge in [0.05, 0.1) is 6.04 Å². The number of rotatable bonds is 8. The van der Waals surface area contributed by atoms with E-state index in [4.69, 9.17) is 4.74 Å². The van der Waals surface area contributed by atoms with Gasteiger partial charge in [0.2, 0.25) is 0 Å². The van der Waals surface area contributed by atoms with Gasteiger partial charge in [-0.2, -0.15) is 0 Å². The van der Waals surface area contributed by atoms with Crippen LogP contribution in [0.25, 0.3) is 0 Å². The van der Waals surface area contributed by atoms with Crippen LogP contribution in [0.3, 0.4) is 0 Å². The number of carbonyl (C=O) groups is 1. The second-order valence-corrected chi connectivity index (χ2v) is 8.97. The molecule has 2 N–H and O–H groups in total. The van der Waals surface area contributed by atoms with Crippen LogP contribution in [0.15, 0.2) is 76.3 Å². The van der Waals surface area contributed by atoms with Crippen molar-refractivity contribution in [3.05, 3.63) is 77.7 Å². The van der Waals surface area contributed by atoms with Gasteiger partial charge in [-0.25, -0.2) is 8.42 Å². The fraction of sp³-hybridized carbons (Fsp3) is 0.150. The molecular weight excluding hydrogens is 396 g/mol. The van der Waals surface area contributed by atoms with E-state index in [1.807, 2.05) is 37.3 Å². The van der Waals surface area contributed by atoms with Gasteiger partial charge in [-0.3, -0.25) is 9.52 Å². The van der Waals surface area contributed by atoms with E-state index in [1.165, 1.54) is 6.07 Å². The SMILES string of the molecule is CC(COc1ccccc1)NC(=O)c1ccc(NS(=O)(=O)c2cccs2)cc1. The first kappa shape index (κ1) is 19.9. The van der Waals surface area contributed by atoms with Crippen LogP contribution >= 0.6 is 11.3 Å². The fourth-order valence-electron chi connectivity index (χ4n) is 2.40. The Balaban J connectivity index is 1.54. The van der Waals surface area contributed by atoms with Gasteiger partial charge >= 0.3 is 0 Å². The largest absolute Gasteiger partial charge is 0.491 e. The molecule has 146 valence electrons. The Morgan fingerprint density at radius 3 is 2.39 bits per heavy atom. The quantitative estimate of drug-likeness (QED) is 0.586. The summed E-state index contributed by atoms with van der Waals surface area (Å²) in [6.45, 7) is 2.19. The monoisotopic (exact) mass is 416 g/mol. The lowest BCUT2D eigenvalue weighted by molar-refractivity contribution is 0.0926. The van der Waals surface area contributed by atoms with E-state index in [2.05, 4.69) is 10.0 Å². The molecule has 2 aromatic carbocycles. The van der Waals surface area contributed by atoms with Crippen LogP contribution in [-0.2, 0) is 10.0 Å². The minimum Gasteiger partial charge on any atom is -0.491 e. The average molecular weight is 417 g/mol. The van der Waals surface area contributed by atoms with Crippen molar-refractivity contribution >= 4 is 33.0 Å². The molecule has 0 spiro atoms. The summed E-state index contributed by atoms with van der Waals surface area (Å²) >= 11 is 1.14. The molecule has 0 aliphatic carbocycles. The van der Waals surface area contributed by atoms with Crippen molar-refractivity contribution in [1.82, 2.24) is 5.32 Å². The Labute approximate surface area is 168 Å². The first-order valence-corrected chi connectivity index (χ1v) is 11.0. The first-order valence-electron chi connectivity index (χ1n) is 8.59. The van der Waals surface area contributed by atoms with Crippen molar-refractivity contribution in [3.8, 4) is 5.75 Å². The molecule has 28 heavy (non-hydrogen) atoms. The standard InChI is InChI=1S/C20H20N2O4S2/c1-15(14-26-18-6-3-2-4-7-18)21-20(23)16-9-11-17(12-10-16)22-28(24,25)19-8-5-13-27-19/h2-13,15,22H,14H2,1H3,(H,21,23). The molecule has 0 saturated heterocycles. The molecule has 1 atom stereocenters. The molecule has 1 amide bonds. The zero-order chi connectivity index (χ0) is 20.0. The van der Waals surface area contributed by atoms with Gasteiger partial charge in [0.15, 0.2) is 0 Å². The number of carbonyl (C=O) groups excluding carboxylic acids is 1. The van der Waals surface area contributed by atoms with Gasteiger partial charge in [-0.15, -0.1) is 11.3 Å². The highest BCUT2D eigenvalue weighted by atomic mass is 32.2. The number of amides is 1. The second kappa shape index (κ2) is 8.90. The van der Waals surface area contributed by atoms with Crippen molar-refractivity contribution in [3.63, 3.8) is 0 Å². The van der Waals surface area contributed by atoms with Gasteiger partial charge in [0.1, 0.15) is 16.6 Å². The van der Waals surface area contributed by atoms with Crippen molar-refractivity contribution in [2.24, 2.45) is 0 Å². The van der Waals surface area contributed by atoms with E-state index < -0.39 is 10.0 Å². The first-order chi connectivity index (χ1) is 13.4. The highest BCUT2D eigenvalue weighted by Crippen LogP contribution is 2.20. The number of thiophene rings is 1. The van der Waals surface area contributed by atoms with Crippen LogP contribution in [0.4, 0.5) is 5.69 Å². The predicted molar refractivity (Wildman–Crippen MR) is 110 cm³/mol. The summed E-state index contributed by atoms with van der Waals surface area (Å²) in [6.07, 6.45) is 0. The van der Waals surface area contributed by atoms with Crippen LogP contribution < -0.4 is 14.8 Å². The number of sulfonamides is 1. The van der Waals surface area contributed by atoms with E-state index in [0.29, 0.717) is 17.9 Å². The highest BCUT2D eigenvalue weighted by molar-refractivity contribution is 7.94. The molecule has 0 saturated carbocycles. The van der Waals surface area contributed by atoms with Gasteiger partial charge in [0.25, 0.3) is 15.9 Å². The number of anilines is 1. The topological polar surface area (TPSA) is 84.5 Å². The summed E-state index contributed by atoms with van der Waals surface area (Å²) in [5, 5.41) is 4.55. The minimum atomic E-state index is -3.60. The van der Waals surface area contributed by atoms with E-state index in [0.717, 1.165) is 17.1 Å². The average Bonchev–Trinajstić information content (AvgIpc) is 3.23. The molecule has 0 aliphatic heterocycles. The van der Waals surface area contributed by atoms with Crippen molar-refractivity contribution in [1.29, 1.82) is 0 Å². The Morgan fingerprint density at radius 1 is 1.04 bits per heavy atom. The Kier molecular flexibility index (Phi) is 6.33. The Morgan fingerprint density at radius 2 is 1.75 bits per heavy atom. The highest BCUT2D eigenvalue weighted by Gasteiger charge is 2.16. The van der Waals surface area contributed by atoms with Crippen molar-refractivity contribution in [2.45, 2.75) is 17.2 Å². The van der Waals surface area contributed by atoms with Gasteiger partial charge in [0, 0.05) is 11.3 Å². The number of hydrogen-bond donors (Lipinski definition) is 2. The van der Waals surface area contributed by atoms with Gasteiger partial charge in [-0.05, 0) is 54.8 Å². The number of para-hydroxylation sites is 1. The summed E-state index contributed by atoms with van der Waals surface area (Å²) < 4.78 is 32.8. The molecule has 3 rings (SSSR count).